The minimum Gasteiger partial charge on any atom is -0.495 e. The molecule has 1 aliphatic rings. The molecule has 0 saturated heterocycles. The number of rotatable bonds is 6. The highest BCUT2D eigenvalue weighted by Crippen LogP contribution is 2.39. The lowest BCUT2D eigenvalue weighted by atomic mass is 10.1. The van der Waals surface area contributed by atoms with E-state index in [4.69, 9.17) is 21.1 Å². The number of fused-ring (bicyclic) bond motifs is 1. The fourth-order valence-corrected chi connectivity index (χ4v) is 4.81. The van der Waals surface area contributed by atoms with E-state index in [1.807, 2.05) is 39.0 Å². The summed E-state index contributed by atoms with van der Waals surface area (Å²) in [4.78, 5) is 33.3. The number of methoxy groups -OCH3 is 1. The number of nitrogens with one attached hydrogen (secondary N) is 1. The molecule has 9 heteroatoms. The number of ether oxygens (including phenoxy) is 2. The number of hydrogen-bond acceptors (Lipinski definition) is 6. The number of nitrogens with zero attached hydrogens (tertiary/aromatic N) is 2. The quantitative estimate of drug-likeness (QED) is 0.517. The van der Waals surface area contributed by atoms with E-state index in [0.29, 0.717) is 34.3 Å². The van der Waals surface area contributed by atoms with Gasteiger partial charge in [-0.15, -0.1) is 11.3 Å². The van der Waals surface area contributed by atoms with Gasteiger partial charge in [-0.1, -0.05) is 18.5 Å². The maximum atomic E-state index is 13.2. The lowest BCUT2D eigenvalue weighted by Crippen LogP contribution is -2.48. The summed E-state index contributed by atoms with van der Waals surface area (Å²) in [5.74, 6) is 0.395. The van der Waals surface area contributed by atoms with Crippen LogP contribution in [0.25, 0.3) is 11.3 Å². The summed E-state index contributed by atoms with van der Waals surface area (Å²) >= 11 is 7.69. The Morgan fingerprint density at radius 3 is 2.73 bits per heavy atom. The summed E-state index contributed by atoms with van der Waals surface area (Å²) in [5.41, 5.74) is 2.70. The topological polar surface area (TPSA) is 80.8 Å². The highest BCUT2D eigenvalue weighted by molar-refractivity contribution is 7.11. The lowest BCUT2D eigenvalue weighted by molar-refractivity contribution is -0.128. The molecule has 3 aromatic rings. The second kappa shape index (κ2) is 9.41. The van der Waals surface area contributed by atoms with Gasteiger partial charge < -0.3 is 14.8 Å². The highest BCUT2D eigenvalue weighted by Gasteiger charge is 2.35. The Morgan fingerprint density at radius 1 is 1.27 bits per heavy atom. The number of aromatic nitrogens is 1. The fourth-order valence-electron chi connectivity index (χ4n) is 3.80. The number of hydrogen-bond donors (Lipinski definition) is 1. The van der Waals surface area contributed by atoms with Crippen LogP contribution in [0.4, 0.5) is 11.4 Å². The molecule has 2 amide bonds. The first-order valence-electron chi connectivity index (χ1n) is 10.5. The number of aryl methyl sites for hydroxylation is 2. The van der Waals surface area contributed by atoms with Gasteiger partial charge in [0.25, 0.3) is 5.91 Å². The molecular weight excluding hydrogens is 462 g/mol. The van der Waals surface area contributed by atoms with Gasteiger partial charge in [0.1, 0.15) is 18.0 Å². The van der Waals surface area contributed by atoms with E-state index in [2.05, 4.69) is 10.3 Å². The molecule has 0 fully saturated rings. The van der Waals surface area contributed by atoms with Gasteiger partial charge in [-0.2, -0.15) is 0 Å². The molecule has 1 N–H and O–H groups in total. The molecule has 2 aromatic carbocycles. The van der Waals surface area contributed by atoms with E-state index in [1.165, 1.54) is 12.0 Å². The Hall–Kier alpha value is -3.10. The number of anilines is 2. The third-order valence-corrected chi connectivity index (χ3v) is 6.47. The average Bonchev–Trinajstić information content (AvgIpc) is 3.13. The molecule has 1 aromatic heterocycles. The first kappa shape index (κ1) is 23.1. The van der Waals surface area contributed by atoms with Gasteiger partial charge in [-0.3, -0.25) is 14.5 Å². The summed E-state index contributed by atoms with van der Waals surface area (Å²) in [6, 6.07) is 10.6. The first-order valence-corrected chi connectivity index (χ1v) is 11.7. The molecule has 2 heterocycles. The summed E-state index contributed by atoms with van der Waals surface area (Å²) in [7, 11) is 1.51. The number of benzene rings is 2. The molecule has 0 spiro atoms. The molecule has 33 heavy (non-hydrogen) atoms. The van der Waals surface area contributed by atoms with E-state index in [9.17, 15) is 9.59 Å². The first-order chi connectivity index (χ1) is 15.8. The van der Waals surface area contributed by atoms with Gasteiger partial charge in [0.05, 0.1) is 29.2 Å². The zero-order chi connectivity index (χ0) is 23.7. The van der Waals surface area contributed by atoms with E-state index < -0.39 is 6.10 Å². The van der Waals surface area contributed by atoms with Crippen LogP contribution in [0.15, 0.2) is 36.4 Å². The van der Waals surface area contributed by atoms with Crippen molar-refractivity contribution in [1.82, 2.24) is 4.98 Å². The molecule has 1 aliphatic heterocycles. The van der Waals surface area contributed by atoms with Crippen molar-refractivity contribution in [1.29, 1.82) is 0 Å². The smallest absolute Gasteiger partial charge is 0.268 e. The summed E-state index contributed by atoms with van der Waals surface area (Å²) in [5, 5.41) is 4.22. The second-order valence-electron chi connectivity index (χ2n) is 7.65. The predicted octanol–water partition coefficient (Wildman–Crippen LogP) is 5.23. The Kier molecular flexibility index (Phi) is 6.58. The van der Waals surface area contributed by atoms with Crippen molar-refractivity contribution in [3.05, 3.63) is 51.3 Å². The van der Waals surface area contributed by atoms with E-state index in [1.54, 1.807) is 29.5 Å². The number of carbonyl (C=O) groups is 2. The molecule has 0 saturated carbocycles. The van der Waals surface area contributed by atoms with Crippen LogP contribution >= 0.6 is 22.9 Å². The zero-order valence-corrected chi connectivity index (χ0v) is 20.3. The molecule has 4 rings (SSSR count). The summed E-state index contributed by atoms with van der Waals surface area (Å²) in [6.07, 6.45) is -0.162. The Labute approximate surface area is 201 Å². The van der Waals surface area contributed by atoms with E-state index in [0.717, 1.165) is 21.1 Å². The van der Waals surface area contributed by atoms with Crippen molar-refractivity contribution in [3.63, 3.8) is 0 Å². The molecule has 0 bridgehead atoms. The highest BCUT2D eigenvalue weighted by atomic mass is 35.5. The van der Waals surface area contributed by atoms with Gasteiger partial charge in [0, 0.05) is 15.5 Å². The molecule has 7 nitrogen and oxygen atoms in total. The average molecular weight is 486 g/mol. The van der Waals surface area contributed by atoms with E-state index >= 15 is 0 Å². The van der Waals surface area contributed by atoms with Crippen LogP contribution in [0.1, 0.15) is 23.2 Å². The van der Waals surface area contributed by atoms with Crippen molar-refractivity contribution in [3.8, 4) is 22.8 Å². The minimum atomic E-state index is -0.653. The standard InChI is InChI=1S/C24H24ClN3O4S/c1-5-19-24(30)28(12-22(29)27-17-11-16(25)7-9-20(17)31-4)18-10-15(6-8-21(18)32-19)23-13(2)33-14(3)26-23/h6-11,19H,5,12H2,1-4H3,(H,27,29). The monoisotopic (exact) mass is 485 g/mol. The SMILES string of the molecule is CCC1Oc2ccc(-c3nc(C)sc3C)cc2N(CC(=O)Nc2cc(Cl)ccc2OC)C1=O. The van der Waals surface area contributed by atoms with Crippen LogP contribution < -0.4 is 19.7 Å². The molecule has 0 aliphatic carbocycles. The third-order valence-electron chi connectivity index (χ3n) is 5.35. The van der Waals surface area contributed by atoms with Crippen molar-refractivity contribution in [2.24, 2.45) is 0 Å². The maximum Gasteiger partial charge on any atom is 0.268 e. The Bertz CT molecular complexity index is 1230. The maximum absolute atomic E-state index is 13.2. The Morgan fingerprint density at radius 2 is 2.06 bits per heavy atom. The normalized spacial score (nSPS) is 15.1. The zero-order valence-electron chi connectivity index (χ0n) is 18.8. The van der Waals surface area contributed by atoms with Gasteiger partial charge in [-0.05, 0) is 56.7 Å². The van der Waals surface area contributed by atoms with Crippen molar-refractivity contribution >= 4 is 46.1 Å². The van der Waals surface area contributed by atoms with Crippen molar-refractivity contribution in [2.75, 3.05) is 23.9 Å². The minimum absolute atomic E-state index is 0.181. The second-order valence-corrected chi connectivity index (χ2v) is 9.50. The number of thiazole rings is 1. The van der Waals surface area contributed by atoms with Gasteiger partial charge in [-0.25, -0.2) is 4.98 Å². The fraction of sp³-hybridized carbons (Fsp3) is 0.292. The molecule has 172 valence electrons. The van der Waals surface area contributed by atoms with Crippen LogP contribution in [0, 0.1) is 13.8 Å². The molecule has 0 radical (unpaired) electrons. The number of amides is 2. The van der Waals surface area contributed by atoms with Crippen LogP contribution in [-0.2, 0) is 9.59 Å². The van der Waals surface area contributed by atoms with Crippen LogP contribution in [-0.4, -0.2) is 36.6 Å². The van der Waals surface area contributed by atoms with Gasteiger partial charge >= 0.3 is 0 Å². The number of halogens is 1. The largest absolute Gasteiger partial charge is 0.495 e. The lowest BCUT2D eigenvalue weighted by Gasteiger charge is -2.34. The van der Waals surface area contributed by atoms with Crippen LogP contribution in [0.2, 0.25) is 5.02 Å². The van der Waals surface area contributed by atoms with Gasteiger partial charge in [0.2, 0.25) is 5.91 Å². The van der Waals surface area contributed by atoms with E-state index in [-0.39, 0.29) is 18.4 Å². The predicted molar refractivity (Wildman–Crippen MR) is 131 cm³/mol. The van der Waals surface area contributed by atoms with Crippen LogP contribution in [0.3, 0.4) is 0 Å². The van der Waals surface area contributed by atoms with Crippen LogP contribution in [0.5, 0.6) is 11.5 Å². The van der Waals surface area contributed by atoms with Crippen molar-refractivity contribution in [2.45, 2.75) is 33.3 Å². The number of carbonyl (C=O) groups excluding carboxylic acids is 2. The molecular formula is C24H24ClN3O4S. The summed E-state index contributed by atoms with van der Waals surface area (Å²) in [6.45, 7) is 5.66. The van der Waals surface area contributed by atoms with Gasteiger partial charge in [0.15, 0.2) is 6.10 Å². The third kappa shape index (κ3) is 4.67. The molecule has 1 atom stereocenters. The summed E-state index contributed by atoms with van der Waals surface area (Å²) < 4.78 is 11.2. The molecule has 1 unspecified atom stereocenters. The van der Waals surface area contributed by atoms with Crippen molar-refractivity contribution < 1.29 is 19.1 Å². The Balaban J connectivity index is 1.67.